The van der Waals surface area contributed by atoms with Crippen LogP contribution in [0.3, 0.4) is 0 Å². The molecule has 0 atom stereocenters. The fourth-order valence-corrected chi connectivity index (χ4v) is 2.73. The number of amides is 1. The van der Waals surface area contributed by atoms with Crippen LogP contribution in [-0.4, -0.2) is 29.3 Å². The summed E-state index contributed by atoms with van der Waals surface area (Å²) in [5.74, 6) is 0.678. The fraction of sp³-hybridized carbons (Fsp3) is 0.588. The van der Waals surface area contributed by atoms with Gasteiger partial charge >= 0.3 is 0 Å². The molecule has 0 heterocycles. The summed E-state index contributed by atoms with van der Waals surface area (Å²) in [4.78, 5) is 12.1. The number of para-hydroxylation sites is 1. The van der Waals surface area contributed by atoms with E-state index in [2.05, 4.69) is 5.32 Å². The van der Waals surface area contributed by atoms with Gasteiger partial charge in [0.05, 0.1) is 18.1 Å². The first-order valence-electron chi connectivity index (χ1n) is 7.72. The van der Waals surface area contributed by atoms with Gasteiger partial charge in [0.1, 0.15) is 5.75 Å². The van der Waals surface area contributed by atoms with Crippen molar-refractivity contribution >= 4 is 5.91 Å². The van der Waals surface area contributed by atoms with Crippen LogP contribution in [0.5, 0.6) is 5.75 Å². The third-order valence-corrected chi connectivity index (χ3v) is 3.84. The number of nitrogens with one attached hydrogen (secondary N) is 1. The van der Waals surface area contributed by atoms with Crippen molar-refractivity contribution in [3.63, 3.8) is 0 Å². The molecule has 2 rings (SSSR count). The molecule has 4 heteroatoms. The molecule has 2 N–H and O–H groups in total. The highest BCUT2D eigenvalue weighted by Crippen LogP contribution is 2.28. The molecule has 0 spiro atoms. The van der Waals surface area contributed by atoms with Gasteiger partial charge in [0.2, 0.25) is 5.91 Å². The summed E-state index contributed by atoms with van der Waals surface area (Å²) in [6.45, 7) is 4.28. The number of benzene rings is 1. The van der Waals surface area contributed by atoms with E-state index in [0.29, 0.717) is 6.54 Å². The predicted octanol–water partition coefficient (Wildman–Crippen LogP) is 2.44. The summed E-state index contributed by atoms with van der Waals surface area (Å²) >= 11 is 0. The van der Waals surface area contributed by atoms with E-state index in [1.807, 2.05) is 38.1 Å². The monoisotopic (exact) mass is 291 g/mol. The molecule has 1 aliphatic rings. The summed E-state index contributed by atoms with van der Waals surface area (Å²) < 4.78 is 5.71. The van der Waals surface area contributed by atoms with Crippen LogP contribution >= 0.6 is 0 Å². The Morgan fingerprint density at radius 2 is 2.00 bits per heavy atom. The molecule has 116 valence electrons. The smallest absolute Gasteiger partial charge is 0.224 e. The van der Waals surface area contributed by atoms with Crippen molar-refractivity contribution in [1.29, 1.82) is 0 Å². The van der Waals surface area contributed by atoms with Crippen LogP contribution in [0.4, 0.5) is 0 Å². The normalized spacial score (nSPS) is 17.0. The lowest BCUT2D eigenvalue weighted by Gasteiger charge is -2.22. The highest BCUT2D eigenvalue weighted by Gasteiger charge is 2.31. The van der Waals surface area contributed by atoms with E-state index in [9.17, 15) is 9.90 Å². The van der Waals surface area contributed by atoms with Crippen molar-refractivity contribution in [1.82, 2.24) is 5.32 Å². The van der Waals surface area contributed by atoms with E-state index in [-0.39, 0.29) is 18.4 Å². The topological polar surface area (TPSA) is 58.6 Å². The van der Waals surface area contributed by atoms with Crippen molar-refractivity contribution < 1.29 is 14.6 Å². The van der Waals surface area contributed by atoms with Crippen molar-refractivity contribution in [2.75, 3.05) is 6.54 Å². The van der Waals surface area contributed by atoms with E-state index in [1.54, 1.807) is 0 Å². The maximum absolute atomic E-state index is 12.1. The Hall–Kier alpha value is -1.55. The molecule has 0 aromatic heterocycles. The maximum Gasteiger partial charge on any atom is 0.224 e. The van der Waals surface area contributed by atoms with Crippen LogP contribution in [0.15, 0.2) is 24.3 Å². The Morgan fingerprint density at radius 1 is 1.33 bits per heavy atom. The number of hydrogen-bond donors (Lipinski definition) is 2. The molecule has 0 aliphatic heterocycles. The van der Waals surface area contributed by atoms with E-state index in [0.717, 1.165) is 37.0 Å². The van der Waals surface area contributed by atoms with Crippen molar-refractivity contribution in [3.05, 3.63) is 29.8 Å². The number of ether oxygens (including phenoxy) is 1. The van der Waals surface area contributed by atoms with Crippen LogP contribution in [0.2, 0.25) is 0 Å². The largest absolute Gasteiger partial charge is 0.491 e. The average molecular weight is 291 g/mol. The van der Waals surface area contributed by atoms with Crippen LogP contribution < -0.4 is 10.1 Å². The second-order valence-electron chi connectivity index (χ2n) is 6.16. The molecule has 0 radical (unpaired) electrons. The van der Waals surface area contributed by atoms with Crippen LogP contribution in [0.25, 0.3) is 0 Å². The zero-order chi connectivity index (χ0) is 15.3. The molecular formula is C17H25NO3. The predicted molar refractivity (Wildman–Crippen MR) is 82.3 cm³/mol. The summed E-state index contributed by atoms with van der Waals surface area (Å²) in [7, 11) is 0. The third kappa shape index (κ3) is 4.74. The van der Waals surface area contributed by atoms with Gasteiger partial charge in [-0.2, -0.15) is 0 Å². The second-order valence-corrected chi connectivity index (χ2v) is 6.16. The minimum atomic E-state index is -0.705. The van der Waals surface area contributed by atoms with Crippen molar-refractivity contribution in [2.45, 2.75) is 57.7 Å². The molecule has 1 aromatic carbocycles. The quantitative estimate of drug-likeness (QED) is 0.846. The Balaban J connectivity index is 1.90. The summed E-state index contributed by atoms with van der Waals surface area (Å²) in [6.07, 6.45) is 3.99. The van der Waals surface area contributed by atoms with E-state index in [1.165, 1.54) is 0 Å². The first kappa shape index (κ1) is 15.8. The number of hydrogen-bond acceptors (Lipinski definition) is 3. The van der Waals surface area contributed by atoms with Gasteiger partial charge < -0.3 is 15.2 Å². The second kappa shape index (κ2) is 6.94. The number of carbonyl (C=O) groups is 1. The minimum Gasteiger partial charge on any atom is -0.491 e. The van der Waals surface area contributed by atoms with Gasteiger partial charge in [-0.15, -0.1) is 0 Å². The highest BCUT2D eigenvalue weighted by atomic mass is 16.5. The zero-order valence-corrected chi connectivity index (χ0v) is 12.9. The molecular weight excluding hydrogens is 266 g/mol. The van der Waals surface area contributed by atoms with Crippen molar-refractivity contribution in [2.24, 2.45) is 0 Å². The zero-order valence-electron chi connectivity index (χ0n) is 12.9. The molecule has 0 saturated heterocycles. The minimum absolute atomic E-state index is 0.0740. The average Bonchev–Trinajstić information content (AvgIpc) is 2.86. The third-order valence-electron chi connectivity index (χ3n) is 3.84. The van der Waals surface area contributed by atoms with Gasteiger partial charge in [0.15, 0.2) is 0 Å². The SMILES string of the molecule is CC(C)Oc1ccccc1CC(=O)NCC1(O)CCCC1. The van der Waals surface area contributed by atoms with Gasteiger partial charge in [0, 0.05) is 12.1 Å². The summed E-state index contributed by atoms with van der Waals surface area (Å²) in [5, 5.41) is 13.1. The Kier molecular flexibility index (Phi) is 5.23. The number of aliphatic hydroxyl groups is 1. The van der Waals surface area contributed by atoms with E-state index >= 15 is 0 Å². The Bertz CT molecular complexity index is 479. The molecule has 1 amide bonds. The van der Waals surface area contributed by atoms with Gasteiger partial charge in [0.25, 0.3) is 0 Å². The molecule has 0 bridgehead atoms. The van der Waals surface area contributed by atoms with Gasteiger partial charge in [-0.1, -0.05) is 31.0 Å². The van der Waals surface area contributed by atoms with Gasteiger partial charge in [-0.25, -0.2) is 0 Å². The van der Waals surface area contributed by atoms with E-state index in [4.69, 9.17) is 4.74 Å². The molecule has 1 aliphatic carbocycles. The number of rotatable bonds is 6. The molecule has 21 heavy (non-hydrogen) atoms. The first-order valence-corrected chi connectivity index (χ1v) is 7.72. The lowest BCUT2D eigenvalue weighted by molar-refractivity contribution is -0.121. The summed E-state index contributed by atoms with van der Waals surface area (Å²) in [6, 6.07) is 7.59. The fourth-order valence-electron chi connectivity index (χ4n) is 2.73. The van der Waals surface area contributed by atoms with E-state index < -0.39 is 5.60 Å². The first-order chi connectivity index (χ1) is 9.98. The molecule has 4 nitrogen and oxygen atoms in total. The summed E-state index contributed by atoms with van der Waals surface area (Å²) in [5.41, 5.74) is 0.172. The molecule has 0 unspecified atom stereocenters. The Labute approximate surface area is 126 Å². The molecule has 1 fully saturated rings. The Morgan fingerprint density at radius 3 is 2.67 bits per heavy atom. The van der Waals surface area contributed by atoms with Crippen LogP contribution in [0.1, 0.15) is 45.1 Å². The molecule has 1 aromatic rings. The van der Waals surface area contributed by atoms with Gasteiger partial charge in [-0.3, -0.25) is 4.79 Å². The lowest BCUT2D eigenvalue weighted by Crippen LogP contribution is -2.41. The van der Waals surface area contributed by atoms with Crippen LogP contribution in [0, 0.1) is 0 Å². The molecule has 1 saturated carbocycles. The van der Waals surface area contributed by atoms with Gasteiger partial charge in [-0.05, 0) is 32.8 Å². The lowest BCUT2D eigenvalue weighted by atomic mass is 10.0. The number of carbonyl (C=O) groups excluding carboxylic acids is 1. The van der Waals surface area contributed by atoms with Crippen molar-refractivity contribution in [3.8, 4) is 5.75 Å². The highest BCUT2D eigenvalue weighted by molar-refractivity contribution is 5.79. The standard InChI is InChI=1S/C17H25NO3/c1-13(2)21-15-8-4-3-7-14(15)11-16(19)18-12-17(20)9-5-6-10-17/h3-4,7-8,13,20H,5-6,9-12H2,1-2H3,(H,18,19). The maximum atomic E-state index is 12.1. The van der Waals surface area contributed by atoms with Crippen LogP contribution in [-0.2, 0) is 11.2 Å².